The summed E-state index contributed by atoms with van der Waals surface area (Å²) in [5, 5.41) is 0. The van der Waals surface area contributed by atoms with Gasteiger partial charge >= 0.3 is 0 Å². The first-order valence-corrected chi connectivity index (χ1v) is 7.21. The van der Waals surface area contributed by atoms with Gasteiger partial charge in [0.25, 0.3) is 0 Å². The number of rotatable bonds is 0. The Hall–Kier alpha value is 1.11. The third kappa shape index (κ3) is 1.14. The van der Waals surface area contributed by atoms with Gasteiger partial charge in [-0.15, -0.1) is 0 Å². The first kappa shape index (κ1) is 11.6. The molecule has 2 fully saturated rings. The highest BCUT2D eigenvalue weighted by Crippen LogP contribution is 2.72. The fourth-order valence-corrected chi connectivity index (χ4v) is 6.13. The van der Waals surface area contributed by atoms with Crippen molar-refractivity contribution in [3.8, 4) is 0 Å². The molecule has 0 saturated heterocycles. The molecule has 0 amide bonds. The van der Waals surface area contributed by atoms with E-state index in [9.17, 15) is 4.79 Å². The van der Waals surface area contributed by atoms with Gasteiger partial charge in [0, 0.05) is 6.42 Å². The number of hydrogen-bond acceptors (Lipinski definition) is 1. The molecule has 0 aliphatic heterocycles. The van der Waals surface area contributed by atoms with Crippen molar-refractivity contribution in [2.24, 2.45) is 16.7 Å². The van der Waals surface area contributed by atoms with Gasteiger partial charge < -0.3 is 0 Å². The van der Waals surface area contributed by atoms with Crippen LogP contribution in [-0.4, -0.2) is 7.93 Å². The lowest BCUT2D eigenvalue weighted by Crippen LogP contribution is -2.45. The summed E-state index contributed by atoms with van der Waals surface area (Å²) in [6.07, 6.45) is 2.89. The standard InChI is InChI=1S/C10H13Br3O/c1-8(2)6-3-4-9(8,7(14)5-6)10(11,12)13/h6H,3-5H2,1-2H3. The number of ketones is 1. The van der Waals surface area contributed by atoms with Crippen LogP contribution in [0.1, 0.15) is 33.1 Å². The Labute approximate surface area is 110 Å². The van der Waals surface area contributed by atoms with E-state index in [0.717, 1.165) is 12.8 Å². The monoisotopic (exact) mass is 386 g/mol. The molecule has 0 spiro atoms. The van der Waals surface area contributed by atoms with Gasteiger partial charge in [-0.1, -0.05) is 61.6 Å². The molecule has 0 radical (unpaired) electrons. The second-order valence-corrected chi connectivity index (χ2v) is 11.7. The summed E-state index contributed by atoms with van der Waals surface area (Å²) in [7, 11) is 0. The van der Waals surface area contributed by atoms with Crippen molar-refractivity contribution in [2.45, 2.75) is 35.3 Å². The highest BCUT2D eigenvalue weighted by molar-refractivity contribution is 9.39. The number of halogens is 3. The number of fused-ring (bicyclic) bond motifs is 2. The molecule has 0 N–H and O–H groups in total. The Bertz CT molecular complexity index is 292. The summed E-state index contributed by atoms with van der Waals surface area (Å²) in [6.45, 7) is 4.43. The lowest BCUT2D eigenvalue weighted by Gasteiger charge is -2.42. The summed E-state index contributed by atoms with van der Waals surface area (Å²) < 4.78 is -0.439. The maximum atomic E-state index is 12.1. The predicted molar refractivity (Wildman–Crippen MR) is 68.1 cm³/mol. The van der Waals surface area contributed by atoms with Crippen molar-refractivity contribution in [3.63, 3.8) is 0 Å². The van der Waals surface area contributed by atoms with Gasteiger partial charge in [-0.25, -0.2) is 0 Å². The molecule has 2 rings (SSSR count). The molecular weight excluding hydrogens is 376 g/mol. The Morgan fingerprint density at radius 2 is 1.93 bits per heavy atom. The number of carbonyl (C=O) groups is 1. The number of hydrogen-bond donors (Lipinski definition) is 0. The number of carbonyl (C=O) groups excluding carboxylic acids is 1. The molecule has 4 heteroatoms. The van der Waals surface area contributed by atoms with Gasteiger partial charge in [0.1, 0.15) is 7.93 Å². The van der Waals surface area contributed by atoms with Gasteiger partial charge in [0.15, 0.2) is 0 Å². The van der Waals surface area contributed by atoms with E-state index in [2.05, 4.69) is 61.6 Å². The van der Waals surface area contributed by atoms with Crippen LogP contribution in [0, 0.1) is 16.7 Å². The molecule has 2 bridgehead atoms. The molecule has 2 atom stereocenters. The van der Waals surface area contributed by atoms with Crippen LogP contribution in [0.15, 0.2) is 0 Å². The van der Waals surface area contributed by atoms with Crippen molar-refractivity contribution in [2.75, 3.05) is 0 Å². The zero-order chi connectivity index (χ0) is 10.8. The molecular formula is C10H13Br3O. The average molecular weight is 389 g/mol. The summed E-state index contributed by atoms with van der Waals surface area (Å²) in [5.74, 6) is 0.950. The molecule has 2 aliphatic carbocycles. The first-order chi connectivity index (χ1) is 6.23. The highest BCUT2D eigenvalue weighted by Gasteiger charge is 2.70. The van der Waals surface area contributed by atoms with Crippen molar-refractivity contribution in [1.29, 1.82) is 0 Å². The van der Waals surface area contributed by atoms with Crippen molar-refractivity contribution in [3.05, 3.63) is 0 Å². The smallest absolute Gasteiger partial charge is 0.147 e. The molecule has 0 aromatic rings. The van der Waals surface area contributed by atoms with E-state index in [-0.39, 0.29) is 10.8 Å². The summed E-state index contributed by atoms with van der Waals surface area (Å²) >= 11 is 10.7. The van der Waals surface area contributed by atoms with E-state index >= 15 is 0 Å². The number of Topliss-reactive ketones (excluding diaryl/α,β-unsaturated/α-hetero) is 1. The van der Waals surface area contributed by atoms with E-state index in [4.69, 9.17) is 0 Å². The molecule has 0 aromatic carbocycles. The fraction of sp³-hybridized carbons (Fsp3) is 0.900. The van der Waals surface area contributed by atoms with Gasteiger partial charge in [0.2, 0.25) is 0 Å². The van der Waals surface area contributed by atoms with Crippen LogP contribution in [0.5, 0.6) is 0 Å². The van der Waals surface area contributed by atoms with Crippen LogP contribution in [0.2, 0.25) is 0 Å². The summed E-state index contributed by atoms with van der Waals surface area (Å²) in [4.78, 5) is 12.1. The second-order valence-electron chi connectivity index (χ2n) is 4.99. The van der Waals surface area contributed by atoms with E-state index < -0.39 is 2.14 Å². The van der Waals surface area contributed by atoms with Gasteiger partial charge in [-0.05, 0) is 24.2 Å². The largest absolute Gasteiger partial charge is 0.299 e. The minimum Gasteiger partial charge on any atom is -0.299 e. The van der Waals surface area contributed by atoms with Crippen LogP contribution in [0.4, 0.5) is 0 Å². The molecule has 2 saturated carbocycles. The second kappa shape index (κ2) is 3.07. The number of alkyl halides is 3. The van der Waals surface area contributed by atoms with E-state index in [1.54, 1.807) is 0 Å². The summed E-state index contributed by atoms with van der Waals surface area (Å²) in [5.41, 5.74) is -0.203. The maximum Gasteiger partial charge on any atom is 0.147 e. The SMILES string of the molecule is CC1(C)C2CCC1(C(Br)(Br)Br)C(=O)C2. The normalized spacial score (nSPS) is 40.6. The Morgan fingerprint density at radius 1 is 1.36 bits per heavy atom. The van der Waals surface area contributed by atoms with Crippen LogP contribution >= 0.6 is 47.8 Å². The van der Waals surface area contributed by atoms with Gasteiger partial charge in [-0.3, -0.25) is 4.79 Å². The van der Waals surface area contributed by atoms with Crippen LogP contribution in [0.3, 0.4) is 0 Å². The average Bonchev–Trinajstić information content (AvgIpc) is 2.34. The van der Waals surface area contributed by atoms with Crippen molar-refractivity contribution < 1.29 is 4.79 Å². The van der Waals surface area contributed by atoms with Crippen molar-refractivity contribution >= 4 is 53.6 Å². The Balaban J connectivity index is 2.56. The topological polar surface area (TPSA) is 17.1 Å². The molecule has 2 unspecified atom stereocenters. The predicted octanol–water partition coefficient (Wildman–Crippen LogP) is 4.22. The van der Waals surface area contributed by atoms with Crippen molar-refractivity contribution in [1.82, 2.24) is 0 Å². The lowest BCUT2D eigenvalue weighted by molar-refractivity contribution is -0.128. The van der Waals surface area contributed by atoms with Crippen LogP contribution in [-0.2, 0) is 4.79 Å². The Kier molecular flexibility index (Phi) is 2.54. The maximum absolute atomic E-state index is 12.1. The molecule has 1 nitrogen and oxygen atoms in total. The third-order valence-corrected chi connectivity index (χ3v) is 6.41. The van der Waals surface area contributed by atoms with Gasteiger partial charge in [0.05, 0.1) is 5.41 Å². The zero-order valence-corrected chi connectivity index (χ0v) is 13.0. The van der Waals surface area contributed by atoms with Crippen LogP contribution < -0.4 is 0 Å². The first-order valence-electron chi connectivity index (χ1n) is 4.83. The highest BCUT2D eigenvalue weighted by atomic mass is 80.0. The minimum absolute atomic E-state index is 0.0839. The zero-order valence-electron chi connectivity index (χ0n) is 8.24. The Morgan fingerprint density at radius 3 is 2.14 bits per heavy atom. The molecule has 80 valence electrons. The van der Waals surface area contributed by atoms with E-state index in [1.807, 2.05) is 0 Å². The molecule has 2 aliphatic rings. The quantitative estimate of drug-likeness (QED) is 0.568. The van der Waals surface area contributed by atoms with Crippen LogP contribution in [0.25, 0.3) is 0 Å². The van der Waals surface area contributed by atoms with E-state index in [0.29, 0.717) is 11.7 Å². The molecule has 0 aromatic heterocycles. The van der Waals surface area contributed by atoms with Gasteiger partial charge in [-0.2, -0.15) is 0 Å². The third-order valence-electron chi connectivity index (χ3n) is 4.38. The lowest BCUT2D eigenvalue weighted by atomic mass is 9.70. The summed E-state index contributed by atoms with van der Waals surface area (Å²) in [6, 6.07) is 0. The van der Waals surface area contributed by atoms with E-state index in [1.165, 1.54) is 6.42 Å². The fourth-order valence-electron chi connectivity index (χ4n) is 3.34. The molecule has 0 heterocycles. The minimum atomic E-state index is -0.439. The molecule has 14 heavy (non-hydrogen) atoms.